The molecule has 0 atom stereocenters. The lowest BCUT2D eigenvalue weighted by Gasteiger charge is -2.36. The molecule has 1 amide bonds. The molecule has 30 heavy (non-hydrogen) atoms. The number of carbonyl (C=O) groups excluding carboxylic acids is 1. The average Bonchev–Trinajstić information content (AvgIpc) is 2.81. The van der Waals surface area contributed by atoms with E-state index in [0.717, 1.165) is 31.9 Å². The van der Waals surface area contributed by atoms with Crippen LogP contribution >= 0.6 is 0 Å². The van der Waals surface area contributed by atoms with Gasteiger partial charge in [0.15, 0.2) is 5.96 Å². The van der Waals surface area contributed by atoms with Crippen LogP contribution in [0.5, 0.6) is 5.75 Å². The zero-order chi connectivity index (χ0) is 21.2. The first-order valence-electron chi connectivity index (χ1n) is 10.3. The van der Waals surface area contributed by atoms with Crippen molar-refractivity contribution in [3.63, 3.8) is 0 Å². The van der Waals surface area contributed by atoms with E-state index in [1.54, 1.807) is 7.05 Å². The molecule has 0 unspecified atom stereocenters. The second-order valence-corrected chi connectivity index (χ2v) is 7.19. The standard InChI is InChI=1S/C23H31N5O2/c1-24-23(26(2)17-18-30-21-11-7-4-8-12-21)25-19-22(29)28-15-13-27(14-16-28)20-9-5-3-6-10-20/h3-12H,13-19H2,1-2H3,(H,24,25). The number of ether oxygens (including phenoxy) is 1. The van der Waals surface area contributed by atoms with E-state index in [1.807, 2.05) is 65.4 Å². The van der Waals surface area contributed by atoms with Gasteiger partial charge < -0.3 is 24.8 Å². The summed E-state index contributed by atoms with van der Waals surface area (Å²) in [6, 6.07) is 20.1. The van der Waals surface area contributed by atoms with Crippen molar-refractivity contribution in [3.8, 4) is 5.75 Å². The molecule has 0 aromatic heterocycles. The highest BCUT2D eigenvalue weighted by Crippen LogP contribution is 2.15. The van der Waals surface area contributed by atoms with Crippen LogP contribution in [0.1, 0.15) is 0 Å². The molecule has 0 bridgehead atoms. The van der Waals surface area contributed by atoms with Gasteiger partial charge in [0, 0.05) is 46.0 Å². The fourth-order valence-corrected chi connectivity index (χ4v) is 3.43. The van der Waals surface area contributed by atoms with Gasteiger partial charge in [0.05, 0.1) is 13.1 Å². The van der Waals surface area contributed by atoms with Gasteiger partial charge in [-0.15, -0.1) is 0 Å². The van der Waals surface area contributed by atoms with Crippen LogP contribution in [0.4, 0.5) is 5.69 Å². The fourth-order valence-electron chi connectivity index (χ4n) is 3.43. The molecular weight excluding hydrogens is 378 g/mol. The number of likely N-dealkylation sites (N-methyl/N-ethyl adjacent to an activating group) is 1. The number of piperazine rings is 1. The summed E-state index contributed by atoms with van der Waals surface area (Å²) in [6.07, 6.45) is 0. The minimum atomic E-state index is 0.0952. The molecule has 0 radical (unpaired) electrons. The van der Waals surface area contributed by atoms with Crippen molar-refractivity contribution >= 4 is 17.6 Å². The molecular formula is C23H31N5O2. The Labute approximate surface area is 178 Å². The molecule has 1 fully saturated rings. The molecule has 1 aliphatic rings. The van der Waals surface area contributed by atoms with Crippen molar-refractivity contribution in [2.45, 2.75) is 0 Å². The zero-order valence-corrected chi connectivity index (χ0v) is 17.8. The number of rotatable bonds is 7. The first-order chi connectivity index (χ1) is 14.7. The van der Waals surface area contributed by atoms with E-state index in [0.29, 0.717) is 19.1 Å². The highest BCUT2D eigenvalue weighted by molar-refractivity contribution is 5.86. The van der Waals surface area contributed by atoms with Crippen molar-refractivity contribution in [1.82, 2.24) is 15.1 Å². The van der Waals surface area contributed by atoms with Gasteiger partial charge in [-0.25, -0.2) is 0 Å². The number of nitrogens with one attached hydrogen (secondary N) is 1. The van der Waals surface area contributed by atoms with Gasteiger partial charge >= 0.3 is 0 Å². The maximum atomic E-state index is 12.6. The second-order valence-electron chi connectivity index (χ2n) is 7.19. The predicted octanol–water partition coefficient (Wildman–Crippen LogP) is 1.92. The largest absolute Gasteiger partial charge is 0.492 e. The summed E-state index contributed by atoms with van der Waals surface area (Å²) in [5.41, 5.74) is 1.21. The van der Waals surface area contributed by atoms with E-state index >= 15 is 0 Å². The van der Waals surface area contributed by atoms with E-state index in [1.165, 1.54) is 5.69 Å². The number of benzene rings is 2. The third kappa shape index (κ3) is 6.14. The predicted molar refractivity (Wildman–Crippen MR) is 121 cm³/mol. The average molecular weight is 410 g/mol. The summed E-state index contributed by atoms with van der Waals surface area (Å²) in [6.45, 7) is 4.60. The SMILES string of the molecule is CN=C(NCC(=O)N1CCN(c2ccccc2)CC1)N(C)CCOc1ccccc1. The van der Waals surface area contributed by atoms with E-state index in [9.17, 15) is 4.79 Å². The van der Waals surface area contributed by atoms with Crippen molar-refractivity contribution in [3.05, 3.63) is 60.7 Å². The molecule has 1 aliphatic heterocycles. The minimum Gasteiger partial charge on any atom is -0.492 e. The lowest BCUT2D eigenvalue weighted by molar-refractivity contribution is -0.130. The Bertz CT molecular complexity index is 805. The summed E-state index contributed by atoms with van der Waals surface area (Å²) >= 11 is 0. The minimum absolute atomic E-state index is 0.0952. The van der Waals surface area contributed by atoms with E-state index in [4.69, 9.17) is 4.74 Å². The van der Waals surface area contributed by atoms with Crippen LogP contribution in [0.3, 0.4) is 0 Å². The van der Waals surface area contributed by atoms with Crippen LogP contribution in [0.25, 0.3) is 0 Å². The first-order valence-corrected chi connectivity index (χ1v) is 10.3. The molecule has 0 spiro atoms. The molecule has 7 nitrogen and oxygen atoms in total. The van der Waals surface area contributed by atoms with Gasteiger partial charge in [-0.05, 0) is 24.3 Å². The van der Waals surface area contributed by atoms with Crippen LogP contribution in [-0.4, -0.2) is 81.6 Å². The van der Waals surface area contributed by atoms with Gasteiger partial charge in [-0.3, -0.25) is 9.79 Å². The highest BCUT2D eigenvalue weighted by atomic mass is 16.5. The number of nitrogens with zero attached hydrogens (tertiary/aromatic N) is 4. The Morgan fingerprint density at radius 2 is 1.67 bits per heavy atom. The number of hydrogen-bond acceptors (Lipinski definition) is 4. The topological polar surface area (TPSA) is 60.4 Å². The van der Waals surface area contributed by atoms with Gasteiger partial charge in [-0.1, -0.05) is 36.4 Å². The maximum absolute atomic E-state index is 12.6. The Kier molecular flexibility index (Phi) is 7.94. The van der Waals surface area contributed by atoms with Gasteiger partial charge in [0.1, 0.15) is 12.4 Å². The lowest BCUT2D eigenvalue weighted by Crippen LogP contribution is -2.52. The number of carbonyl (C=O) groups is 1. The highest BCUT2D eigenvalue weighted by Gasteiger charge is 2.21. The fraction of sp³-hybridized carbons (Fsp3) is 0.391. The van der Waals surface area contributed by atoms with Gasteiger partial charge in [0.2, 0.25) is 5.91 Å². The van der Waals surface area contributed by atoms with E-state index < -0.39 is 0 Å². The van der Waals surface area contributed by atoms with Crippen molar-refractivity contribution in [2.24, 2.45) is 4.99 Å². The van der Waals surface area contributed by atoms with Crippen LogP contribution in [0, 0.1) is 0 Å². The maximum Gasteiger partial charge on any atom is 0.242 e. The molecule has 160 valence electrons. The number of hydrogen-bond donors (Lipinski definition) is 1. The summed E-state index contributed by atoms with van der Waals surface area (Å²) in [5.74, 6) is 1.62. The van der Waals surface area contributed by atoms with Gasteiger partial charge in [0.25, 0.3) is 0 Å². The first kappa shape index (κ1) is 21.5. The third-order valence-corrected chi connectivity index (χ3v) is 5.16. The molecule has 0 aliphatic carbocycles. The normalized spacial score (nSPS) is 14.4. The Morgan fingerprint density at radius 3 is 2.30 bits per heavy atom. The van der Waals surface area contributed by atoms with Crippen LogP contribution in [-0.2, 0) is 4.79 Å². The van der Waals surface area contributed by atoms with Crippen LogP contribution in [0.2, 0.25) is 0 Å². The van der Waals surface area contributed by atoms with Crippen molar-refractivity contribution < 1.29 is 9.53 Å². The monoisotopic (exact) mass is 409 g/mol. The lowest BCUT2D eigenvalue weighted by atomic mass is 10.2. The van der Waals surface area contributed by atoms with Gasteiger partial charge in [-0.2, -0.15) is 0 Å². The zero-order valence-electron chi connectivity index (χ0n) is 17.8. The molecule has 1 saturated heterocycles. The quantitative estimate of drug-likeness (QED) is 0.559. The molecule has 3 rings (SSSR count). The Morgan fingerprint density at radius 1 is 1.03 bits per heavy atom. The van der Waals surface area contributed by atoms with Crippen LogP contribution in [0.15, 0.2) is 65.7 Å². The number of aliphatic imine (C=N–C) groups is 1. The molecule has 7 heteroatoms. The van der Waals surface area contributed by atoms with Crippen molar-refractivity contribution in [2.75, 3.05) is 64.9 Å². The van der Waals surface area contributed by atoms with E-state index in [-0.39, 0.29) is 12.5 Å². The molecule has 2 aromatic carbocycles. The summed E-state index contributed by atoms with van der Waals surface area (Å²) in [5, 5.41) is 3.17. The van der Waals surface area contributed by atoms with E-state index in [2.05, 4.69) is 27.3 Å². The number of amides is 1. The molecule has 1 N–H and O–H groups in total. The smallest absolute Gasteiger partial charge is 0.242 e. The molecule has 1 heterocycles. The number of anilines is 1. The Hall–Kier alpha value is -3.22. The summed E-state index contributed by atoms with van der Waals surface area (Å²) in [7, 11) is 3.66. The summed E-state index contributed by atoms with van der Waals surface area (Å²) < 4.78 is 5.73. The van der Waals surface area contributed by atoms with Crippen molar-refractivity contribution in [1.29, 1.82) is 0 Å². The molecule has 2 aromatic rings. The second kappa shape index (κ2) is 11.1. The Balaban J connectivity index is 1.38. The molecule has 0 saturated carbocycles. The number of para-hydroxylation sites is 2. The third-order valence-electron chi connectivity index (χ3n) is 5.16. The summed E-state index contributed by atoms with van der Waals surface area (Å²) in [4.78, 5) is 23.1. The van der Waals surface area contributed by atoms with Crippen LogP contribution < -0.4 is 15.0 Å². The number of guanidine groups is 1.